The van der Waals surface area contributed by atoms with E-state index in [2.05, 4.69) is 25.8 Å². The molecule has 0 bridgehead atoms. The number of nitrogens with zero attached hydrogens (tertiary/aromatic N) is 2. The number of rotatable bonds is 4. The molecule has 1 aromatic heterocycles. The van der Waals surface area contributed by atoms with Crippen LogP contribution in [0.25, 0.3) is 0 Å². The van der Waals surface area contributed by atoms with Gasteiger partial charge in [0.05, 0.1) is 5.56 Å². The SMILES string of the molecule is FC(F)(F)c1ccc(CN2CC(Oc3ccc(Br)cn3)C2)cc1. The van der Waals surface area contributed by atoms with Gasteiger partial charge in [0.25, 0.3) is 0 Å². The average molecular weight is 387 g/mol. The highest BCUT2D eigenvalue weighted by molar-refractivity contribution is 9.10. The lowest BCUT2D eigenvalue weighted by Gasteiger charge is -2.38. The standard InChI is InChI=1S/C16H14BrF3N2O/c17-13-5-6-15(21-7-13)23-14-9-22(10-14)8-11-1-3-12(4-2-11)16(18,19)20/h1-7,14H,8-10H2. The van der Waals surface area contributed by atoms with Gasteiger partial charge in [0.2, 0.25) is 5.88 Å². The van der Waals surface area contributed by atoms with Crippen LogP contribution in [-0.4, -0.2) is 29.1 Å². The quantitative estimate of drug-likeness (QED) is 0.789. The van der Waals surface area contributed by atoms with Gasteiger partial charge >= 0.3 is 6.18 Å². The Hall–Kier alpha value is -1.60. The fourth-order valence-electron chi connectivity index (χ4n) is 2.39. The van der Waals surface area contributed by atoms with Crippen LogP contribution in [0.3, 0.4) is 0 Å². The Balaban J connectivity index is 1.47. The van der Waals surface area contributed by atoms with E-state index in [0.717, 1.165) is 35.3 Å². The van der Waals surface area contributed by atoms with Crippen LogP contribution in [-0.2, 0) is 12.7 Å². The number of pyridine rings is 1. The summed E-state index contributed by atoms with van der Waals surface area (Å²) in [5.74, 6) is 0.576. The van der Waals surface area contributed by atoms with Crippen molar-refractivity contribution in [2.45, 2.75) is 18.8 Å². The fraction of sp³-hybridized carbons (Fsp3) is 0.312. The van der Waals surface area contributed by atoms with E-state index in [-0.39, 0.29) is 6.10 Å². The molecule has 0 radical (unpaired) electrons. The Kier molecular flexibility index (Phi) is 4.59. The van der Waals surface area contributed by atoms with Crippen LogP contribution >= 0.6 is 15.9 Å². The summed E-state index contributed by atoms with van der Waals surface area (Å²) in [6.07, 6.45) is -2.54. The van der Waals surface area contributed by atoms with E-state index in [0.29, 0.717) is 12.4 Å². The third kappa shape index (κ3) is 4.23. The van der Waals surface area contributed by atoms with Gasteiger partial charge in [0.15, 0.2) is 0 Å². The van der Waals surface area contributed by atoms with E-state index in [1.807, 2.05) is 6.07 Å². The minimum atomic E-state index is -4.29. The van der Waals surface area contributed by atoms with Crippen molar-refractivity contribution in [3.63, 3.8) is 0 Å². The molecule has 1 aliphatic rings. The zero-order valence-corrected chi connectivity index (χ0v) is 13.6. The zero-order valence-electron chi connectivity index (χ0n) is 12.1. The van der Waals surface area contributed by atoms with Crippen molar-refractivity contribution in [3.8, 4) is 5.88 Å². The van der Waals surface area contributed by atoms with E-state index < -0.39 is 11.7 Å². The second-order valence-electron chi connectivity index (χ2n) is 5.44. The van der Waals surface area contributed by atoms with Crippen molar-refractivity contribution < 1.29 is 17.9 Å². The maximum absolute atomic E-state index is 12.5. The van der Waals surface area contributed by atoms with Gasteiger partial charge in [0, 0.05) is 36.4 Å². The first-order valence-corrected chi connectivity index (χ1v) is 7.86. The van der Waals surface area contributed by atoms with E-state index >= 15 is 0 Å². The molecule has 1 fully saturated rings. The predicted octanol–water partition coefficient (Wildman–Crippen LogP) is 4.13. The first-order chi connectivity index (χ1) is 10.9. The second kappa shape index (κ2) is 6.49. The van der Waals surface area contributed by atoms with Crippen LogP contribution in [0.2, 0.25) is 0 Å². The fourth-order valence-corrected chi connectivity index (χ4v) is 2.62. The summed E-state index contributed by atoms with van der Waals surface area (Å²) in [6.45, 7) is 2.09. The van der Waals surface area contributed by atoms with Gasteiger partial charge in [0.1, 0.15) is 6.10 Å². The van der Waals surface area contributed by atoms with Gasteiger partial charge in [-0.1, -0.05) is 12.1 Å². The monoisotopic (exact) mass is 386 g/mol. The van der Waals surface area contributed by atoms with Gasteiger partial charge in [-0.3, -0.25) is 4.90 Å². The molecule has 0 spiro atoms. The van der Waals surface area contributed by atoms with E-state index in [1.54, 1.807) is 12.3 Å². The smallest absolute Gasteiger partial charge is 0.416 e. The Morgan fingerprint density at radius 1 is 1.13 bits per heavy atom. The zero-order chi connectivity index (χ0) is 16.4. The molecule has 7 heteroatoms. The van der Waals surface area contributed by atoms with Crippen molar-refractivity contribution in [2.24, 2.45) is 0 Å². The molecular formula is C16H14BrF3N2O. The molecule has 1 aromatic carbocycles. The number of hydrogen-bond acceptors (Lipinski definition) is 3. The molecule has 0 amide bonds. The molecule has 1 aliphatic heterocycles. The molecule has 23 heavy (non-hydrogen) atoms. The Labute approximate surface area is 140 Å². The number of hydrogen-bond donors (Lipinski definition) is 0. The number of benzene rings is 1. The summed E-state index contributed by atoms with van der Waals surface area (Å²) in [4.78, 5) is 6.26. The van der Waals surface area contributed by atoms with E-state index in [4.69, 9.17) is 4.74 Å². The van der Waals surface area contributed by atoms with Crippen molar-refractivity contribution in [2.75, 3.05) is 13.1 Å². The molecule has 0 unspecified atom stereocenters. The molecule has 0 saturated carbocycles. The van der Waals surface area contributed by atoms with Crippen molar-refractivity contribution in [1.82, 2.24) is 9.88 Å². The number of ether oxygens (including phenoxy) is 1. The van der Waals surface area contributed by atoms with Crippen LogP contribution in [0.5, 0.6) is 5.88 Å². The van der Waals surface area contributed by atoms with Crippen molar-refractivity contribution >= 4 is 15.9 Å². The Morgan fingerprint density at radius 3 is 2.39 bits per heavy atom. The Morgan fingerprint density at radius 2 is 1.83 bits per heavy atom. The lowest BCUT2D eigenvalue weighted by Crippen LogP contribution is -2.53. The van der Waals surface area contributed by atoms with Gasteiger partial charge in [-0.15, -0.1) is 0 Å². The average Bonchev–Trinajstić information content (AvgIpc) is 2.47. The number of halogens is 4. The summed E-state index contributed by atoms with van der Waals surface area (Å²) in [7, 11) is 0. The van der Waals surface area contributed by atoms with Gasteiger partial charge < -0.3 is 4.74 Å². The van der Waals surface area contributed by atoms with Gasteiger partial charge in [-0.25, -0.2) is 4.98 Å². The molecule has 122 valence electrons. The Bertz CT molecular complexity index is 653. The molecule has 0 N–H and O–H groups in total. The summed E-state index contributed by atoms with van der Waals surface area (Å²) in [6, 6.07) is 8.94. The molecular weight excluding hydrogens is 373 g/mol. The molecule has 0 atom stereocenters. The van der Waals surface area contributed by atoms with E-state index in [1.165, 1.54) is 12.1 Å². The summed E-state index contributed by atoms with van der Waals surface area (Å²) in [5, 5.41) is 0. The second-order valence-corrected chi connectivity index (χ2v) is 6.36. The first-order valence-electron chi connectivity index (χ1n) is 7.07. The molecule has 2 heterocycles. The van der Waals surface area contributed by atoms with Crippen LogP contribution in [0.4, 0.5) is 13.2 Å². The summed E-state index contributed by atoms with van der Waals surface area (Å²) in [5.41, 5.74) is 0.241. The molecule has 0 aliphatic carbocycles. The van der Waals surface area contributed by atoms with Crippen LogP contribution in [0.15, 0.2) is 47.1 Å². The lowest BCUT2D eigenvalue weighted by molar-refractivity contribution is -0.137. The van der Waals surface area contributed by atoms with Crippen LogP contribution in [0, 0.1) is 0 Å². The molecule has 2 aromatic rings. The molecule has 1 saturated heterocycles. The summed E-state index contributed by atoms with van der Waals surface area (Å²) < 4.78 is 44.1. The largest absolute Gasteiger partial charge is 0.472 e. The minimum Gasteiger partial charge on any atom is -0.472 e. The van der Waals surface area contributed by atoms with Crippen LogP contribution in [0.1, 0.15) is 11.1 Å². The van der Waals surface area contributed by atoms with Crippen molar-refractivity contribution in [1.29, 1.82) is 0 Å². The summed E-state index contributed by atoms with van der Waals surface area (Å²) >= 11 is 3.31. The first kappa shape index (κ1) is 16.3. The number of alkyl halides is 3. The maximum Gasteiger partial charge on any atom is 0.416 e. The third-order valence-corrected chi connectivity index (χ3v) is 4.07. The number of likely N-dealkylation sites (tertiary alicyclic amines) is 1. The van der Waals surface area contributed by atoms with Gasteiger partial charge in [-0.05, 0) is 39.7 Å². The minimum absolute atomic E-state index is 0.0677. The molecule has 3 nitrogen and oxygen atoms in total. The van der Waals surface area contributed by atoms with Gasteiger partial charge in [-0.2, -0.15) is 13.2 Å². The van der Waals surface area contributed by atoms with Crippen LogP contribution < -0.4 is 4.74 Å². The highest BCUT2D eigenvalue weighted by Crippen LogP contribution is 2.29. The molecule has 3 rings (SSSR count). The maximum atomic E-state index is 12.5. The highest BCUT2D eigenvalue weighted by atomic mass is 79.9. The topological polar surface area (TPSA) is 25.4 Å². The third-order valence-electron chi connectivity index (χ3n) is 3.60. The predicted molar refractivity (Wildman–Crippen MR) is 83.1 cm³/mol. The van der Waals surface area contributed by atoms with Crippen molar-refractivity contribution in [3.05, 3.63) is 58.2 Å². The van der Waals surface area contributed by atoms with E-state index in [9.17, 15) is 13.2 Å². The number of aromatic nitrogens is 1. The lowest BCUT2D eigenvalue weighted by atomic mass is 10.1. The normalized spacial score (nSPS) is 16.2. The highest BCUT2D eigenvalue weighted by Gasteiger charge is 2.31.